The van der Waals surface area contributed by atoms with Gasteiger partial charge in [0.25, 0.3) is 0 Å². The van der Waals surface area contributed by atoms with Crippen molar-refractivity contribution in [3.05, 3.63) is 35.9 Å². The van der Waals surface area contributed by atoms with E-state index in [0.717, 1.165) is 25.0 Å². The third kappa shape index (κ3) is 3.65. The lowest BCUT2D eigenvalue weighted by Gasteiger charge is -2.23. The third-order valence-corrected chi connectivity index (χ3v) is 2.54. The molecule has 0 radical (unpaired) electrons. The van der Waals surface area contributed by atoms with Crippen molar-refractivity contribution in [1.82, 2.24) is 0 Å². The average Bonchev–Trinajstić information content (AvgIpc) is 2.29. The van der Waals surface area contributed by atoms with Crippen molar-refractivity contribution in [2.75, 3.05) is 6.61 Å². The Labute approximate surface area is 92.4 Å². The van der Waals surface area contributed by atoms with Crippen LogP contribution in [0.5, 0.6) is 0 Å². The first-order valence-electron chi connectivity index (χ1n) is 5.71. The van der Waals surface area contributed by atoms with Crippen molar-refractivity contribution < 1.29 is 4.74 Å². The van der Waals surface area contributed by atoms with Gasteiger partial charge in [-0.3, -0.25) is 0 Å². The molecule has 0 saturated carbocycles. The molecule has 0 saturated heterocycles. The zero-order valence-electron chi connectivity index (χ0n) is 9.65. The van der Waals surface area contributed by atoms with E-state index in [9.17, 15) is 0 Å². The van der Waals surface area contributed by atoms with Crippen LogP contribution in [0, 0.1) is 0 Å². The van der Waals surface area contributed by atoms with Crippen LogP contribution in [-0.2, 0) is 4.74 Å². The molecule has 1 aromatic rings. The molecule has 15 heavy (non-hydrogen) atoms. The van der Waals surface area contributed by atoms with Crippen LogP contribution in [0.2, 0.25) is 0 Å². The van der Waals surface area contributed by atoms with E-state index in [1.807, 2.05) is 25.1 Å². The van der Waals surface area contributed by atoms with Crippen molar-refractivity contribution in [2.45, 2.75) is 38.8 Å². The highest BCUT2D eigenvalue weighted by molar-refractivity contribution is 5.19. The first kappa shape index (κ1) is 12.2. The summed E-state index contributed by atoms with van der Waals surface area (Å²) in [7, 11) is 0. The summed E-state index contributed by atoms with van der Waals surface area (Å²) in [5.74, 6) is 0. The van der Waals surface area contributed by atoms with Gasteiger partial charge in [-0.25, -0.2) is 0 Å². The molecule has 0 aliphatic heterocycles. The van der Waals surface area contributed by atoms with Crippen molar-refractivity contribution >= 4 is 0 Å². The first-order chi connectivity index (χ1) is 7.29. The van der Waals surface area contributed by atoms with E-state index in [4.69, 9.17) is 10.5 Å². The van der Waals surface area contributed by atoms with Crippen LogP contribution in [0.3, 0.4) is 0 Å². The summed E-state index contributed by atoms with van der Waals surface area (Å²) in [4.78, 5) is 0. The number of rotatable bonds is 6. The summed E-state index contributed by atoms with van der Waals surface area (Å²) in [5.41, 5.74) is 7.34. The maximum absolute atomic E-state index is 6.19. The molecular weight excluding hydrogens is 186 g/mol. The lowest BCUT2D eigenvalue weighted by Crippen LogP contribution is -2.29. The van der Waals surface area contributed by atoms with Gasteiger partial charge in [0.2, 0.25) is 0 Å². The molecule has 2 N–H and O–H groups in total. The normalized spacial score (nSPS) is 14.9. The molecule has 2 atom stereocenters. The SMILES string of the molecule is CCCC(OCC)C(N)c1ccccc1. The van der Waals surface area contributed by atoms with E-state index in [1.54, 1.807) is 0 Å². The summed E-state index contributed by atoms with van der Waals surface area (Å²) in [6.45, 7) is 4.90. The predicted octanol–water partition coefficient (Wildman–Crippen LogP) is 2.89. The molecule has 1 aromatic carbocycles. The topological polar surface area (TPSA) is 35.2 Å². The molecule has 2 unspecified atom stereocenters. The van der Waals surface area contributed by atoms with Gasteiger partial charge < -0.3 is 10.5 Å². The minimum atomic E-state index is -0.00824. The van der Waals surface area contributed by atoms with Gasteiger partial charge in [-0.2, -0.15) is 0 Å². The Morgan fingerprint density at radius 2 is 1.87 bits per heavy atom. The van der Waals surface area contributed by atoms with E-state index < -0.39 is 0 Å². The fourth-order valence-corrected chi connectivity index (χ4v) is 1.76. The molecule has 0 aromatic heterocycles. The van der Waals surface area contributed by atoms with Gasteiger partial charge in [0.15, 0.2) is 0 Å². The second-order valence-corrected chi connectivity index (χ2v) is 3.72. The Morgan fingerprint density at radius 3 is 2.40 bits per heavy atom. The molecule has 0 fully saturated rings. The first-order valence-corrected chi connectivity index (χ1v) is 5.71. The molecule has 84 valence electrons. The van der Waals surface area contributed by atoms with E-state index in [2.05, 4.69) is 19.1 Å². The Hall–Kier alpha value is -0.860. The maximum atomic E-state index is 6.19. The summed E-state index contributed by atoms with van der Waals surface area (Å²) in [6, 6.07) is 10.2. The van der Waals surface area contributed by atoms with Gasteiger partial charge in [0.05, 0.1) is 12.1 Å². The highest BCUT2D eigenvalue weighted by Crippen LogP contribution is 2.19. The fourth-order valence-electron chi connectivity index (χ4n) is 1.76. The number of nitrogens with two attached hydrogens (primary N) is 1. The second-order valence-electron chi connectivity index (χ2n) is 3.72. The summed E-state index contributed by atoms with van der Waals surface area (Å²) in [5, 5.41) is 0. The highest BCUT2D eigenvalue weighted by Gasteiger charge is 2.18. The minimum Gasteiger partial charge on any atom is -0.377 e. The van der Waals surface area contributed by atoms with Crippen molar-refractivity contribution in [2.24, 2.45) is 5.73 Å². The summed E-state index contributed by atoms with van der Waals surface area (Å²) >= 11 is 0. The van der Waals surface area contributed by atoms with Gasteiger partial charge in [-0.1, -0.05) is 43.7 Å². The lowest BCUT2D eigenvalue weighted by molar-refractivity contribution is 0.0374. The van der Waals surface area contributed by atoms with Crippen LogP contribution in [-0.4, -0.2) is 12.7 Å². The van der Waals surface area contributed by atoms with Crippen LogP contribution in [0.1, 0.15) is 38.3 Å². The van der Waals surface area contributed by atoms with Gasteiger partial charge in [0.1, 0.15) is 0 Å². The van der Waals surface area contributed by atoms with E-state index in [0.29, 0.717) is 0 Å². The molecule has 0 aliphatic carbocycles. The van der Waals surface area contributed by atoms with Crippen molar-refractivity contribution in [3.8, 4) is 0 Å². The van der Waals surface area contributed by atoms with Crippen LogP contribution in [0.15, 0.2) is 30.3 Å². The fraction of sp³-hybridized carbons (Fsp3) is 0.538. The molecule has 1 rings (SSSR count). The highest BCUT2D eigenvalue weighted by atomic mass is 16.5. The number of hydrogen-bond donors (Lipinski definition) is 1. The van der Waals surface area contributed by atoms with E-state index in [1.165, 1.54) is 0 Å². The Morgan fingerprint density at radius 1 is 1.20 bits per heavy atom. The lowest BCUT2D eigenvalue weighted by atomic mass is 9.99. The monoisotopic (exact) mass is 207 g/mol. The van der Waals surface area contributed by atoms with Gasteiger partial charge in [-0.15, -0.1) is 0 Å². The number of ether oxygens (including phenoxy) is 1. The van der Waals surface area contributed by atoms with Gasteiger partial charge in [-0.05, 0) is 18.9 Å². The molecule has 0 aliphatic rings. The van der Waals surface area contributed by atoms with Crippen LogP contribution in [0.25, 0.3) is 0 Å². The van der Waals surface area contributed by atoms with Crippen LogP contribution >= 0.6 is 0 Å². The number of hydrogen-bond acceptors (Lipinski definition) is 2. The zero-order chi connectivity index (χ0) is 11.1. The summed E-state index contributed by atoms with van der Waals surface area (Å²) < 4.78 is 5.67. The second kappa shape index (κ2) is 6.59. The van der Waals surface area contributed by atoms with E-state index >= 15 is 0 Å². The third-order valence-electron chi connectivity index (χ3n) is 2.54. The molecule has 0 heterocycles. The Bertz CT molecular complexity index is 254. The minimum absolute atomic E-state index is 0.00824. The standard InChI is InChI=1S/C13H21NO/c1-3-8-12(15-4-2)13(14)11-9-6-5-7-10-11/h5-7,9-10,12-13H,3-4,8,14H2,1-2H3. The molecule has 2 heteroatoms. The average molecular weight is 207 g/mol. The maximum Gasteiger partial charge on any atom is 0.0767 e. The molecule has 0 spiro atoms. The quantitative estimate of drug-likeness (QED) is 0.778. The Kier molecular flexibility index (Phi) is 5.37. The molecular formula is C13H21NO. The zero-order valence-corrected chi connectivity index (χ0v) is 9.65. The van der Waals surface area contributed by atoms with Crippen molar-refractivity contribution in [3.63, 3.8) is 0 Å². The molecule has 2 nitrogen and oxygen atoms in total. The largest absolute Gasteiger partial charge is 0.377 e. The molecule has 0 amide bonds. The number of benzene rings is 1. The smallest absolute Gasteiger partial charge is 0.0767 e. The van der Waals surface area contributed by atoms with E-state index in [-0.39, 0.29) is 12.1 Å². The summed E-state index contributed by atoms with van der Waals surface area (Å²) in [6.07, 6.45) is 2.26. The molecule has 0 bridgehead atoms. The van der Waals surface area contributed by atoms with Crippen LogP contribution < -0.4 is 5.73 Å². The van der Waals surface area contributed by atoms with Crippen LogP contribution in [0.4, 0.5) is 0 Å². The van der Waals surface area contributed by atoms with Gasteiger partial charge >= 0.3 is 0 Å². The Balaban J connectivity index is 2.67. The van der Waals surface area contributed by atoms with Crippen molar-refractivity contribution in [1.29, 1.82) is 0 Å². The predicted molar refractivity (Wildman–Crippen MR) is 63.7 cm³/mol. The van der Waals surface area contributed by atoms with Gasteiger partial charge in [0, 0.05) is 6.61 Å².